The Morgan fingerprint density at radius 3 is 2.74 bits per heavy atom. The van der Waals surface area contributed by atoms with Gasteiger partial charge in [0.05, 0.1) is 18.5 Å². The van der Waals surface area contributed by atoms with E-state index >= 15 is 0 Å². The molecule has 0 aliphatic heterocycles. The molecule has 0 bridgehead atoms. The van der Waals surface area contributed by atoms with Gasteiger partial charge in [-0.25, -0.2) is 0 Å². The van der Waals surface area contributed by atoms with Crippen molar-refractivity contribution in [1.82, 2.24) is 24.9 Å². The first-order chi connectivity index (χ1) is 12.9. The van der Waals surface area contributed by atoms with Crippen molar-refractivity contribution in [2.24, 2.45) is 0 Å². The molecule has 3 aromatic rings. The largest absolute Gasteiger partial charge is 0.497 e. The summed E-state index contributed by atoms with van der Waals surface area (Å²) in [5, 5.41) is 11.7. The first-order valence-electron chi connectivity index (χ1n) is 8.92. The maximum absolute atomic E-state index is 12.8. The van der Waals surface area contributed by atoms with Crippen molar-refractivity contribution < 1.29 is 9.53 Å². The second-order valence-corrected chi connectivity index (χ2v) is 6.53. The lowest BCUT2D eigenvalue weighted by molar-refractivity contribution is 0.0779. The summed E-state index contributed by atoms with van der Waals surface area (Å²) in [6.07, 6.45) is 0. The standard InChI is InChI=1S/C20H25N5O2/c1-6-25-14(3)17(13(2)23-25)12-24(4)20(26)19-11-18(21-22-19)15-8-7-9-16(10-15)27-5/h7-11H,6,12H2,1-5H3,(H,21,22). The number of methoxy groups -OCH3 is 1. The number of nitrogens with zero attached hydrogens (tertiary/aromatic N) is 4. The first-order valence-corrected chi connectivity index (χ1v) is 8.92. The number of aromatic nitrogens is 4. The maximum Gasteiger partial charge on any atom is 0.271 e. The van der Waals surface area contributed by atoms with E-state index in [0.29, 0.717) is 17.9 Å². The minimum absolute atomic E-state index is 0.111. The molecular weight excluding hydrogens is 342 g/mol. The molecule has 0 unspecified atom stereocenters. The Balaban J connectivity index is 1.78. The molecule has 0 aliphatic carbocycles. The van der Waals surface area contributed by atoms with Crippen molar-refractivity contribution in [2.75, 3.05) is 14.2 Å². The normalized spacial score (nSPS) is 10.9. The number of hydrogen-bond donors (Lipinski definition) is 1. The molecular formula is C20H25N5O2. The second kappa shape index (κ2) is 7.65. The zero-order chi connectivity index (χ0) is 19.6. The predicted octanol–water partition coefficient (Wildman–Crippen LogP) is 3.19. The van der Waals surface area contributed by atoms with Crippen molar-refractivity contribution in [3.63, 3.8) is 0 Å². The van der Waals surface area contributed by atoms with Gasteiger partial charge in [0.25, 0.3) is 5.91 Å². The van der Waals surface area contributed by atoms with Crippen LogP contribution in [-0.4, -0.2) is 44.9 Å². The molecule has 2 heterocycles. The van der Waals surface area contributed by atoms with E-state index < -0.39 is 0 Å². The van der Waals surface area contributed by atoms with Crippen molar-refractivity contribution in [3.8, 4) is 17.0 Å². The predicted molar refractivity (Wildman–Crippen MR) is 104 cm³/mol. The molecule has 0 spiro atoms. The fourth-order valence-corrected chi connectivity index (χ4v) is 3.15. The van der Waals surface area contributed by atoms with E-state index in [0.717, 1.165) is 34.8 Å². The average molecular weight is 367 g/mol. The molecule has 27 heavy (non-hydrogen) atoms. The molecule has 0 aliphatic rings. The summed E-state index contributed by atoms with van der Waals surface area (Å²) in [5.41, 5.74) is 5.18. The number of benzene rings is 1. The van der Waals surface area contributed by atoms with Crippen LogP contribution in [0.25, 0.3) is 11.3 Å². The molecule has 2 aromatic heterocycles. The quantitative estimate of drug-likeness (QED) is 0.726. The van der Waals surface area contributed by atoms with Gasteiger partial charge in [-0.3, -0.25) is 14.6 Å². The molecule has 1 amide bonds. The first kappa shape index (κ1) is 18.7. The topological polar surface area (TPSA) is 76.0 Å². The summed E-state index contributed by atoms with van der Waals surface area (Å²) in [4.78, 5) is 14.5. The molecule has 0 atom stereocenters. The Morgan fingerprint density at radius 2 is 2.07 bits per heavy atom. The number of rotatable bonds is 6. The molecule has 7 nitrogen and oxygen atoms in total. The van der Waals surface area contributed by atoms with Gasteiger partial charge in [0.2, 0.25) is 0 Å². The molecule has 0 saturated heterocycles. The molecule has 1 aromatic carbocycles. The summed E-state index contributed by atoms with van der Waals surface area (Å²) in [7, 11) is 3.41. The fraction of sp³-hybridized carbons (Fsp3) is 0.350. The van der Waals surface area contributed by atoms with Crippen molar-refractivity contribution in [3.05, 3.63) is 53.0 Å². The number of amides is 1. The van der Waals surface area contributed by atoms with E-state index in [1.807, 2.05) is 42.8 Å². The third-order valence-corrected chi connectivity index (χ3v) is 4.75. The summed E-state index contributed by atoms with van der Waals surface area (Å²) >= 11 is 0. The molecule has 142 valence electrons. The van der Waals surface area contributed by atoms with Crippen LogP contribution in [0.5, 0.6) is 5.75 Å². The fourth-order valence-electron chi connectivity index (χ4n) is 3.15. The molecule has 1 N–H and O–H groups in total. The maximum atomic E-state index is 12.8. The van der Waals surface area contributed by atoms with Gasteiger partial charge in [-0.1, -0.05) is 12.1 Å². The monoisotopic (exact) mass is 367 g/mol. The highest BCUT2D eigenvalue weighted by molar-refractivity contribution is 5.93. The van der Waals surface area contributed by atoms with Crippen LogP contribution >= 0.6 is 0 Å². The highest BCUT2D eigenvalue weighted by Crippen LogP contribution is 2.23. The van der Waals surface area contributed by atoms with E-state index in [4.69, 9.17) is 4.74 Å². The summed E-state index contributed by atoms with van der Waals surface area (Å²) < 4.78 is 7.21. The van der Waals surface area contributed by atoms with Crippen LogP contribution in [0.3, 0.4) is 0 Å². The van der Waals surface area contributed by atoms with Gasteiger partial charge in [0, 0.05) is 37.0 Å². The van der Waals surface area contributed by atoms with Gasteiger partial charge >= 0.3 is 0 Å². The van der Waals surface area contributed by atoms with Gasteiger partial charge in [-0.05, 0) is 39.0 Å². The lowest BCUT2D eigenvalue weighted by Crippen LogP contribution is -2.27. The van der Waals surface area contributed by atoms with Crippen LogP contribution in [0.2, 0.25) is 0 Å². The summed E-state index contributed by atoms with van der Waals surface area (Å²) in [6.45, 7) is 7.39. The van der Waals surface area contributed by atoms with Gasteiger partial charge in [-0.15, -0.1) is 0 Å². The third-order valence-electron chi connectivity index (χ3n) is 4.75. The lowest BCUT2D eigenvalue weighted by Gasteiger charge is -2.16. The second-order valence-electron chi connectivity index (χ2n) is 6.53. The molecule has 0 radical (unpaired) electrons. The van der Waals surface area contributed by atoms with Crippen LogP contribution in [0.4, 0.5) is 0 Å². The lowest BCUT2D eigenvalue weighted by atomic mass is 10.1. The van der Waals surface area contributed by atoms with E-state index in [9.17, 15) is 4.79 Å². The number of aromatic amines is 1. The van der Waals surface area contributed by atoms with Crippen molar-refractivity contribution in [1.29, 1.82) is 0 Å². The van der Waals surface area contributed by atoms with Crippen molar-refractivity contribution >= 4 is 5.91 Å². The van der Waals surface area contributed by atoms with Crippen LogP contribution in [0.1, 0.15) is 34.4 Å². The minimum atomic E-state index is -0.111. The number of carbonyl (C=O) groups excluding carboxylic acids is 1. The van der Waals surface area contributed by atoms with Crippen LogP contribution in [0.15, 0.2) is 30.3 Å². The van der Waals surface area contributed by atoms with E-state index in [2.05, 4.69) is 22.2 Å². The number of aryl methyl sites for hydroxylation is 2. The highest BCUT2D eigenvalue weighted by Gasteiger charge is 2.19. The minimum Gasteiger partial charge on any atom is -0.497 e. The van der Waals surface area contributed by atoms with Gasteiger partial charge < -0.3 is 9.64 Å². The number of nitrogens with one attached hydrogen (secondary N) is 1. The van der Waals surface area contributed by atoms with Crippen LogP contribution in [0, 0.1) is 13.8 Å². The van der Waals surface area contributed by atoms with E-state index in [1.54, 1.807) is 25.1 Å². The van der Waals surface area contributed by atoms with E-state index in [-0.39, 0.29) is 5.91 Å². The zero-order valence-electron chi connectivity index (χ0n) is 16.4. The smallest absolute Gasteiger partial charge is 0.271 e. The third kappa shape index (κ3) is 3.72. The van der Waals surface area contributed by atoms with Crippen LogP contribution < -0.4 is 4.74 Å². The van der Waals surface area contributed by atoms with Gasteiger partial charge in [-0.2, -0.15) is 10.2 Å². The Hall–Kier alpha value is -3.09. The Bertz CT molecular complexity index is 957. The summed E-state index contributed by atoms with van der Waals surface area (Å²) in [5.74, 6) is 0.638. The Morgan fingerprint density at radius 1 is 1.30 bits per heavy atom. The number of hydrogen-bond acceptors (Lipinski definition) is 4. The summed E-state index contributed by atoms with van der Waals surface area (Å²) in [6, 6.07) is 9.36. The zero-order valence-corrected chi connectivity index (χ0v) is 16.4. The average Bonchev–Trinajstić information content (AvgIpc) is 3.28. The molecule has 7 heteroatoms. The van der Waals surface area contributed by atoms with E-state index in [1.165, 1.54) is 0 Å². The van der Waals surface area contributed by atoms with Gasteiger partial charge in [0.1, 0.15) is 11.4 Å². The Kier molecular flexibility index (Phi) is 5.30. The highest BCUT2D eigenvalue weighted by atomic mass is 16.5. The van der Waals surface area contributed by atoms with Gasteiger partial charge in [0.15, 0.2) is 0 Å². The number of carbonyl (C=O) groups is 1. The number of ether oxygens (including phenoxy) is 1. The Labute approximate surface area is 159 Å². The molecule has 3 rings (SSSR count). The molecule has 0 fully saturated rings. The number of H-pyrrole nitrogens is 1. The SMILES string of the molecule is CCn1nc(C)c(CN(C)C(=O)c2cc(-c3cccc(OC)c3)n[nH]2)c1C. The van der Waals surface area contributed by atoms with Crippen LogP contribution in [-0.2, 0) is 13.1 Å². The molecule has 0 saturated carbocycles. The van der Waals surface area contributed by atoms with Crippen molar-refractivity contribution in [2.45, 2.75) is 33.9 Å².